The van der Waals surface area contributed by atoms with Crippen molar-refractivity contribution in [2.24, 2.45) is 0 Å². The summed E-state index contributed by atoms with van der Waals surface area (Å²) in [6, 6.07) is 1.92. The van der Waals surface area contributed by atoms with Gasteiger partial charge in [-0.2, -0.15) is 5.26 Å². The minimum atomic E-state index is -0.869. The lowest BCUT2D eigenvalue weighted by molar-refractivity contribution is -0.137. The number of hydrazine groups is 1. The lowest BCUT2D eigenvalue weighted by Crippen LogP contribution is -2.38. The third-order valence-electron chi connectivity index (χ3n) is 5.54. The molecular formula is C28H39N7O6. The van der Waals surface area contributed by atoms with Crippen LogP contribution in [0.15, 0.2) is 60.5 Å². The standard InChI is InChI=1S/C28H39N7O6/c1-7-22(40-14-10-13-35(12-9-8-11-25(36)37)27(38)41-28(3,4)5)26(19(2)39-6)21-15-23(34-33-21)32-24-18-30-20(16-29)17-31-24/h7,15,17-18,23,33-34H,1-2,8-14H2,3-6H3,(H,31,32)(H,36,37)/b26-22-. The van der Waals surface area contributed by atoms with Gasteiger partial charge in [0.25, 0.3) is 0 Å². The van der Waals surface area contributed by atoms with Crippen LogP contribution in [0.25, 0.3) is 0 Å². The van der Waals surface area contributed by atoms with E-state index in [1.807, 2.05) is 12.1 Å². The second kappa shape index (κ2) is 15.9. The SMILES string of the molecule is C=C/C(OCCCN(CCCCC(=O)O)C(=O)OC(C)(C)C)=C(\C(=C)OC)C1=CC(Nc2cnc(C#N)cn2)NN1. The molecule has 0 spiro atoms. The molecule has 4 N–H and O–H groups in total. The Kier molecular flexibility index (Phi) is 12.6. The number of carbonyl (C=O) groups excluding carboxylic acids is 1. The fraction of sp³-hybridized carbons (Fsp3) is 0.464. The van der Waals surface area contributed by atoms with Crippen molar-refractivity contribution in [1.82, 2.24) is 25.7 Å². The first-order valence-electron chi connectivity index (χ1n) is 13.1. The maximum Gasteiger partial charge on any atom is 0.410 e. The van der Waals surface area contributed by atoms with Crippen molar-refractivity contribution in [3.05, 3.63) is 66.2 Å². The van der Waals surface area contributed by atoms with Gasteiger partial charge in [-0.05, 0) is 52.2 Å². The number of nitrogens with zero attached hydrogens (tertiary/aromatic N) is 4. The number of amides is 1. The number of anilines is 1. The maximum atomic E-state index is 12.7. The maximum absolute atomic E-state index is 12.7. The molecule has 0 bridgehead atoms. The number of aliphatic carboxylic acids is 1. The van der Waals surface area contributed by atoms with Crippen LogP contribution in [0.5, 0.6) is 0 Å². The summed E-state index contributed by atoms with van der Waals surface area (Å²) in [4.78, 5) is 33.3. The molecule has 41 heavy (non-hydrogen) atoms. The van der Waals surface area contributed by atoms with E-state index in [0.717, 1.165) is 0 Å². The molecule has 13 heteroatoms. The molecule has 1 aromatic heterocycles. The number of carbonyl (C=O) groups is 2. The Balaban J connectivity index is 2.08. The van der Waals surface area contributed by atoms with Gasteiger partial charge in [-0.3, -0.25) is 4.79 Å². The number of allylic oxidation sites excluding steroid dienone is 1. The Morgan fingerprint density at radius 2 is 1.98 bits per heavy atom. The second-order valence-electron chi connectivity index (χ2n) is 9.96. The van der Waals surface area contributed by atoms with Crippen LogP contribution in [0, 0.1) is 11.3 Å². The van der Waals surface area contributed by atoms with Gasteiger partial charge in [0.15, 0.2) is 5.69 Å². The predicted octanol–water partition coefficient (Wildman–Crippen LogP) is 3.58. The molecule has 1 aromatic rings. The van der Waals surface area contributed by atoms with Crippen LogP contribution in [0.3, 0.4) is 0 Å². The van der Waals surface area contributed by atoms with E-state index in [-0.39, 0.29) is 24.9 Å². The summed E-state index contributed by atoms with van der Waals surface area (Å²) < 4.78 is 17.0. The Labute approximate surface area is 240 Å². The Bertz CT molecular complexity index is 1180. The number of rotatable bonds is 16. The van der Waals surface area contributed by atoms with Gasteiger partial charge in [0.05, 0.1) is 37.4 Å². The number of hydrogen-bond acceptors (Lipinski definition) is 11. The lowest BCUT2D eigenvalue weighted by atomic mass is 10.1. The highest BCUT2D eigenvalue weighted by Crippen LogP contribution is 2.25. The normalized spacial score (nSPS) is 14.9. The van der Waals surface area contributed by atoms with E-state index < -0.39 is 17.7 Å². The van der Waals surface area contributed by atoms with Crippen molar-refractivity contribution in [2.75, 3.05) is 32.1 Å². The Morgan fingerprint density at radius 3 is 2.56 bits per heavy atom. The van der Waals surface area contributed by atoms with Gasteiger partial charge in [-0.15, -0.1) is 0 Å². The van der Waals surface area contributed by atoms with Gasteiger partial charge in [0, 0.05) is 19.5 Å². The number of methoxy groups -OCH3 is 1. The molecule has 2 heterocycles. The van der Waals surface area contributed by atoms with Crippen molar-refractivity contribution in [2.45, 2.75) is 58.2 Å². The second-order valence-corrected chi connectivity index (χ2v) is 9.96. The van der Waals surface area contributed by atoms with Crippen LogP contribution in [-0.2, 0) is 19.0 Å². The summed E-state index contributed by atoms with van der Waals surface area (Å²) in [5.74, 6) is 0.357. The smallest absolute Gasteiger partial charge is 0.410 e. The van der Waals surface area contributed by atoms with E-state index in [0.29, 0.717) is 61.0 Å². The molecule has 1 atom stereocenters. The molecule has 0 aromatic carbocycles. The molecule has 0 fully saturated rings. The van der Waals surface area contributed by atoms with Crippen LogP contribution < -0.4 is 16.2 Å². The predicted molar refractivity (Wildman–Crippen MR) is 152 cm³/mol. The van der Waals surface area contributed by atoms with Gasteiger partial charge in [0.1, 0.15) is 35.2 Å². The topological polar surface area (TPSA) is 171 Å². The third-order valence-corrected chi connectivity index (χ3v) is 5.54. The summed E-state index contributed by atoms with van der Waals surface area (Å²) in [5.41, 5.74) is 6.86. The molecule has 2 rings (SSSR count). The highest BCUT2D eigenvalue weighted by Gasteiger charge is 2.24. The van der Waals surface area contributed by atoms with Crippen LogP contribution in [-0.4, -0.2) is 70.6 Å². The fourth-order valence-electron chi connectivity index (χ4n) is 3.64. The highest BCUT2D eigenvalue weighted by molar-refractivity contribution is 5.68. The molecule has 1 unspecified atom stereocenters. The number of nitriles is 1. The Morgan fingerprint density at radius 1 is 1.24 bits per heavy atom. The molecule has 222 valence electrons. The van der Waals surface area contributed by atoms with Crippen LogP contribution in [0.2, 0.25) is 0 Å². The third kappa shape index (κ3) is 11.2. The summed E-state index contributed by atoms with van der Waals surface area (Å²) >= 11 is 0. The largest absolute Gasteiger partial charge is 0.497 e. The first-order valence-corrected chi connectivity index (χ1v) is 13.1. The van der Waals surface area contributed by atoms with E-state index in [9.17, 15) is 9.59 Å². The minimum Gasteiger partial charge on any atom is -0.497 e. The molecule has 1 amide bonds. The minimum absolute atomic E-state index is 0.0426. The quantitative estimate of drug-likeness (QED) is 0.130. The van der Waals surface area contributed by atoms with Gasteiger partial charge >= 0.3 is 12.1 Å². The number of aromatic nitrogens is 2. The zero-order chi connectivity index (χ0) is 30.4. The van der Waals surface area contributed by atoms with E-state index in [4.69, 9.17) is 24.6 Å². The first kappa shape index (κ1) is 32.6. The number of nitrogens with one attached hydrogen (secondary N) is 3. The van der Waals surface area contributed by atoms with Gasteiger partial charge < -0.3 is 35.0 Å². The highest BCUT2D eigenvalue weighted by atomic mass is 16.6. The van der Waals surface area contributed by atoms with Crippen LogP contribution in [0.4, 0.5) is 10.6 Å². The van der Waals surface area contributed by atoms with Gasteiger partial charge in [-0.25, -0.2) is 20.2 Å². The summed E-state index contributed by atoms with van der Waals surface area (Å²) in [7, 11) is 1.50. The summed E-state index contributed by atoms with van der Waals surface area (Å²) in [6.45, 7) is 14.2. The van der Waals surface area contributed by atoms with E-state index >= 15 is 0 Å². The summed E-state index contributed by atoms with van der Waals surface area (Å²) in [6.07, 6.45) is 6.91. The van der Waals surface area contributed by atoms with Crippen molar-refractivity contribution < 1.29 is 28.9 Å². The van der Waals surface area contributed by atoms with Crippen molar-refractivity contribution >= 4 is 17.9 Å². The lowest BCUT2D eigenvalue weighted by Gasteiger charge is -2.27. The molecule has 13 nitrogen and oxygen atoms in total. The summed E-state index contributed by atoms with van der Waals surface area (Å²) in [5, 5.41) is 20.9. The monoisotopic (exact) mass is 569 g/mol. The van der Waals surface area contributed by atoms with E-state index in [1.165, 1.54) is 19.5 Å². The fourth-order valence-corrected chi connectivity index (χ4v) is 3.64. The Hall–Kier alpha value is -4.57. The number of hydrogen-bond donors (Lipinski definition) is 4. The average Bonchev–Trinajstić information content (AvgIpc) is 3.37. The molecule has 0 radical (unpaired) electrons. The first-order chi connectivity index (χ1) is 19.5. The van der Waals surface area contributed by atoms with Crippen LogP contribution in [0.1, 0.15) is 52.1 Å². The molecule has 1 aliphatic heterocycles. The zero-order valence-corrected chi connectivity index (χ0v) is 24.0. The number of unbranched alkanes of at least 4 members (excludes halogenated alkanes) is 1. The molecule has 1 aliphatic rings. The molecular weight excluding hydrogens is 530 g/mol. The van der Waals surface area contributed by atoms with Gasteiger partial charge in [-0.1, -0.05) is 13.2 Å². The molecule has 0 saturated carbocycles. The van der Waals surface area contributed by atoms with Crippen LogP contribution >= 0.6 is 0 Å². The van der Waals surface area contributed by atoms with Crippen molar-refractivity contribution in [3.63, 3.8) is 0 Å². The molecule has 0 saturated heterocycles. The number of carboxylic acid groups (broad SMARTS) is 1. The molecule has 0 aliphatic carbocycles. The van der Waals surface area contributed by atoms with E-state index in [2.05, 4.69) is 39.3 Å². The number of ether oxygens (including phenoxy) is 3. The van der Waals surface area contributed by atoms with Gasteiger partial charge in [0.2, 0.25) is 0 Å². The number of carboxylic acids is 1. The van der Waals surface area contributed by atoms with Crippen molar-refractivity contribution in [3.8, 4) is 6.07 Å². The van der Waals surface area contributed by atoms with Crippen molar-refractivity contribution in [1.29, 1.82) is 5.26 Å². The zero-order valence-electron chi connectivity index (χ0n) is 24.0. The van der Waals surface area contributed by atoms with E-state index in [1.54, 1.807) is 31.7 Å². The average molecular weight is 570 g/mol.